The molecule has 0 saturated carbocycles. The van der Waals surface area contributed by atoms with E-state index in [1.54, 1.807) is 30.3 Å². The number of carbonyl (C=O) groups excluding carboxylic acids is 2. The van der Waals surface area contributed by atoms with Gasteiger partial charge >= 0.3 is 0 Å². The molecule has 7 N–H and O–H groups in total. The zero-order valence-electron chi connectivity index (χ0n) is 21.0. The summed E-state index contributed by atoms with van der Waals surface area (Å²) < 4.78 is 0. The quantitative estimate of drug-likeness (QED) is 0.105. The number of benzene rings is 3. The number of rotatable bonds is 11. The number of aromatic nitrogens is 2. The smallest absolute Gasteiger partial charge is 0.255 e. The van der Waals surface area contributed by atoms with E-state index < -0.39 is 0 Å². The molecule has 0 aliphatic heterocycles. The van der Waals surface area contributed by atoms with Gasteiger partial charge in [-0.2, -0.15) is 0 Å². The van der Waals surface area contributed by atoms with Crippen LogP contribution in [-0.4, -0.2) is 59.1 Å². The molecule has 4 rings (SSSR count). The molecule has 0 aliphatic rings. The van der Waals surface area contributed by atoms with E-state index in [1.807, 2.05) is 36.4 Å². The first-order chi connectivity index (χ1) is 18.9. The summed E-state index contributed by atoms with van der Waals surface area (Å²) in [4.78, 5) is 38.5. The number of carbonyl (C=O) groups is 2. The Morgan fingerprint density at radius 3 is 2.18 bits per heavy atom. The SMILES string of the molecule is NC(N)=NCC(=O)Nc1ccc(-c2nc3ccc(C(=O)Nc4ccc(N(CCCl)CCCl)cc4)cc3[nH]2)cc1. The highest BCUT2D eigenvalue weighted by Gasteiger charge is 2.12. The topological polar surface area (TPSA) is 155 Å². The molecule has 0 radical (unpaired) electrons. The van der Waals surface area contributed by atoms with Crippen LogP contribution in [0.25, 0.3) is 22.4 Å². The number of hydrogen-bond acceptors (Lipinski definition) is 5. The van der Waals surface area contributed by atoms with Crippen molar-refractivity contribution in [3.05, 3.63) is 72.3 Å². The molecule has 0 aliphatic carbocycles. The van der Waals surface area contributed by atoms with E-state index in [0.717, 1.165) is 22.3 Å². The molecule has 12 heteroatoms. The van der Waals surface area contributed by atoms with Crippen molar-refractivity contribution in [3.63, 3.8) is 0 Å². The van der Waals surface area contributed by atoms with E-state index in [9.17, 15) is 9.59 Å². The zero-order chi connectivity index (χ0) is 27.8. The maximum Gasteiger partial charge on any atom is 0.255 e. The summed E-state index contributed by atoms with van der Waals surface area (Å²) in [5.41, 5.74) is 15.5. The number of fused-ring (bicyclic) bond motifs is 1. The van der Waals surface area contributed by atoms with Gasteiger partial charge in [-0.05, 0) is 66.7 Å². The summed E-state index contributed by atoms with van der Waals surface area (Å²) in [7, 11) is 0. The zero-order valence-corrected chi connectivity index (χ0v) is 22.5. The maximum absolute atomic E-state index is 12.9. The molecule has 4 aromatic rings. The number of aliphatic imine (C=N–C) groups is 1. The van der Waals surface area contributed by atoms with Crippen LogP contribution in [0.4, 0.5) is 17.1 Å². The number of nitrogens with two attached hydrogens (primary N) is 2. The fraction of sp³-hybridized carbons (Fsp3) is 0.185. The molecule has 1 heterocycles. The van der Waals surface area contributed by atoms with Gasteiger partial charge in [0.1, 0.15) is 12.4 Å². The summed E-state index contributed by atoms with van der Waals surface area (Å²) >= 11 is 11.8. The highest BCUT2D eigenvalue weighted by Crippen LogP contribution is 2.24. The lowest BCUT2D eigenvalue weighted by Crippen LogP contribution is -2.27. The number of alkyl halides is 2. The number of H-pyrrole nitrogens is 1. The van der Waals surface area contributed by atoms with Crippen molar-refractivity contribution in [2.24, 2.45) is 16.5 Å². The number of anilines is 3. The average molecular weight is 567 g/mol. The number of amides is 2. The number of halogens is 2. The second kappa shape index (κ2) is 13.0. The molecule has 0 saturated heterocycles. The summed E-state index contributed by atoms with van der Waals surface area (Å²) in [5.74, 6) is 0.918. The number of nitrogens with zero attached hydrogens (tertiary/aromatic N) is 3. The van der Waals surface area contributed by atoms with E-state index in [-0.39, 0.29) is 24.3 Å². The van der Waals surface area contributed by atoms with Gasteiger partial charge in [0.05, 0.1) is 11.0 Å². The predicted molar refractivity (Wildman–Crippen MR) is 159 cm³/mol. The molecule has 3 aromatic carbocycles. The van der Waals surface area contributed by atoms with Crippen LogP contribution in [0.5, 0.6) is 0 Å². The van der Waals surface area contributed by atoms with Crippen molar-refractivity contribution in [2.75, 3.05) is 46.9 Å². The van der Waals surface area contributed by atoms with Crippen LogP contribution < -0.4 is 27.0 Å². The van der Waals surface area contributed by atoms with Gasteiger partial charge in [0.2, 0.25) is 5.91 Å². The van der Waals surface area contributed by atoms with Crippen molar-refractivity contribution in [2.45, 2.75) is 0 Å². The number of aromatic amines is 1. The highest BCUT2D eigenvalue weighted by molar-refractivity contribution is 6.18. The molecule has 202 valence electrons. The molecule has 0 atom stereocenters. The summed E-state index contributed by atoms with van der Waals surface area (Å²) in [5, 5.41) is 5.65. The number of imidazole rings is 1. The lowest BCUT2D eigenvalue weighted by atomic mass is 10.2. The van der Waals surface area contributed by atoms with Crippen LogP contribution in [0.1, 0.15) is 10.4 Å². The van der Waals surface area contributed by atoms with Gasteiger partial charge in [0, 0.05) is 53.0 Å². The van der Waals surface area contributed by atoms with E-state index in [1.165, 1.54) is 0 Å². The van der Waals surface area contributed by atoms with Gasteiger partial charge in [-0.15, -0.1) is 23.2 Å². The van der Waals surface area contributed by atoms with E-state index in [4.69, 9.17) is 34.7 Å². The lowest BCUT2D eigenvalue weighted by molar-refractivity contribution is -0.114. The van der Waals surface area contributed by atoms with Crippen molar-refractivity contribution in [3.8, 4) is 11.4 Å². The Hall–Kier alpha value is -4.28. The monoisotopic (exact) mass is 566 g/mol. The van der Waals surface area contributed by atoms with E-state index >= 15 is 0 Å². The third-order valence-electron chi connectivity index (χ3n) is 5.79. The molecule has 0 unspecified atom stereocenters. The third-order valence-corrected chi connectivity index (χ3v) is 6.13. The largest absolute Gasteiger partial charge is 0.370 e. The van der Waals surface area contributed by atoms with Gasteiger partial charge in [-0.25, -0.2) is 9.98 Å². The van der Waals surface area contributed by atoms with Crippen LogP contribution >= 0.6 is 23.2 Å². The van der Waals surface area contributed by atoms with Crippen LogP contribution in [0.15, 0.2) is 71.7 Å². The van der Waals surface area contributed by atoms with Crippen LogP contribution in [-0.2, 0) is 4.79 Å². The minimum Gasteiger partial charge on any atom is -0.370 e. The first-order valence-corrected chi connectivity index (χ1v) is 13.2. The predicted octanol–water partition coefficient (Wildman–Crippen LogP) is 3.98. The second-order valence-corrected chi connectivity index (χ2v) is 9.31. The fourth-order valence-electron chi connectivity index (χ4n) is 3.90. The van der Waals surface area contributed by atoms with E-state index in [0.29, 0.717) is 47.6 Å². The van der Waals surface area contributed by atoms with Crippen molar-refractivity contribution in [1.29, 1.82) is 0 Å². The molecule has 1 aromatic heterocycles. The molecular formula is C27H28Cl2N8O2. The van der Waals surface area contributed by atoms with Crippen molar-refractivity contribution >= 4 is 69.1 Å². The van der Waals surface area contributed by atoms with Crippen LogP contribution in [0, 0.1) is 0 Å². The molecular weight excluding hydrogens is 539 g/mol. The molecule has 2 amide bonds. The minimum atomic E-state index is -0.332. The first kappa shape index (κ1) is 27.7. The third kappa shape index (κ3) is 7.40. The fourth-order valence-corrected chi connectivity index (χ4v) is 4.30. The van der Waals surface area contributed by atoms with Gasteiger partial charge < -0.3 is 32.0 Å². The van der Waals surface area contributed by atoms with Crippen LogP contribution in [0.3, 0.4) is 0 Å². The summed E-state index contributed by atoms with van der Waals surface area (Å²) in [6, 6.07) is 20.0. The number of nitrogens with one attached hydrogen (secondary N) is 3. The average Bonchev–Trinajstić information content (AvgIpc) is 3.36. The van der Waals surface area contributed by atoms with E-state index in [2.05, 4.69) is 30.5 Å². The minimum absolute atomic E-state index is 0.145. The first-order valence-electron chi connectivity index (χ1n) is 12.1. The Labute approximate surface area is 235 Å². The summed E-state index contributed by atoms with van der Waals surface area (Å²) in [6.45, 7) is 1.22. The molecule has 39 heavy (non-hydrogen) atoms. The number of hydrogen-bond donors (Lipinski definition) is 5. The Balaban J connectivity index is 1.42. The lowest BCUT2D eigenvalue weighted by Gasteiger charge is -2.23. The Kier molecular flexibility index (Phi) is 9.24. The van der Waals surface area contributed by atoms with Gasteiger partial charge in [-0.3, -0.25) is 9.59 Å². The highest BCUT2D eigenvalue weighted by atomic mass is 35.5. The van der Waals surface area contributed by atoms with Gasteiger partial charge in [0.15, 0.2) is 5.96 Å². The molecule has 0 bridgehead atoms. The maximum atomic E-state index is 12.9. The molecule has 0 spiro atoms. The normalized spacial score (nSPS) is 10.7. The second-order valence-electron chi connectivity index (χ2n) is 8.55. The summed E-state index contributed by atoms with van der Waals surface area (Å²) in [6.07, 6.45) is 0. The Morgan fingerprint density at radius 2 is 1.54 bits per heavy atom. The molecule has 10 nitrogen and oxygen atoms in total. The van der Waals surface area contributed by atoms with Crippen molar-refractivity contribution in [1.82, 2.24) is 9.97 Å². The Bertz CT molecular complexity index is 1460. The van der Waals surface area contributed by atoms with Gasteiger partial charge in [-0.1, -0.05) is 0 Å². The molecule has 0 fully saturated rings. The van der Waals surface area contributed by atoms with Crippen LogP contribution in [0.2, 0.25) is 0 Å². The Morgan fingerprint density at radius 1 is 0.897 bits per heavy atom. The van der Waals surface area contributed by atoms with Gasteiger partial charge in [0.25, 0.3) is 5.91 Å². The van der Waals surface area contributed by atoms with Crippen molar-refractivity contribution < 1.29 is 9.59 Å². The number of guanidine groups is 1. The standard InChI is InChI=1S/C27H28Cl2N8O2/c28-11-13-37(14-12-29)21-8-6-20(7-9-21)34-26(39)18-3-10-22-23(15-18)36-25(35-22)17-1-4-19(5-2-17)33-24(38)16-32-27(30)31/h1-10,15H,11-14,16H2,(H,33,38)(H,34,39)(H,35,36)(H4,30,31,32).